The lowest BCUT2D eigenvalue weighted by molar-refractivity contribution is -0.140. The Hall–Kier alpha value is -3.28. The van der Waals surface area contributed by atoms with Gasteiger partial charge in [0.1, 0.15) is 12.6 Å². The number of halogens is 5. The number of nitrogens with zero attached hydrogens (tertiary/aromatic N) is 2. The minimum absolute atomic E-state index is 0.157. The molecule has 2 amide bonds. The zero-order chi connectivity index (χ0) is 31.2. The van der Waals surface area contributed by atoms with E-state index in [1.165, 1.54) is 29.2 Å². The highest BCUT2D eigenvalue weighted by Gasteiger charge is 2.37. The van der Waals surface area contributed by atoms with Crippen molar-refractivity contribution in [1.82, 2.24) is 10.2 Å². The van der Waals surface area contributed by atoms with E-state index in [4.69, 9.17) is 23.2 Å². The van der Waals surface area contributed by atoms with Crippen LogP contribution in [0.2, 0.25) is 10.0 Å². The number of rotatable bonds is 11. The van der Waals surface area contributed by atoms with Gasteiger partial charge in [0.05, 0.1) is 21.2 Å². The van der Waals surface area contributed by atoms with Crippen molar-refractivity contribution in [3.63, 3.8) is 0 Å². The number of nitrogens with one attached hydrogen (secondary N) is 1. The van der Waals surface area contributed by atoms with Gasteiger partial charge in [-0.2, -0.15) is 13.2 Å². The number of benzene rings is 3. The van der Waals surface area contributed by atoms with Gasteiger partial charge in [-0.05, 0) is 62.2 Å². The summed E-state index contributed by atoms with van der Waals surface area (Å²) in [6, 6.07) is 14.9. The van der Waals surface area contributed by atoms with Crippen LogP contribution in [0.5, 0.6) is 0 Å². The number of hydrogen-bond acceptors (Lipinski definition) is 4. The number of carbonyl (C=O) groups is 2. The second kappa shape index (κ2) is 13.8. The maximum absolute atomic E-state index is 14.0. The zero-order valence-electron chi connectivity index (χ0n) is 23.0. The van der Waals surface area contributed by atoms with Crippen LogP contribution >= 0.6 is 23.2 Å². The molecule has 1 unspecified atom stereocenters. The van der Waals surface area contributed by atoms with Crippen molar-refractivity contribution in [2.45, 2.75) is 56.9 Å². The predicted octanol–water partition coefficient (Wildman–Crippen LogP) is 6.54. The van der Waals surface area contributed by atoms with Crippen molar-refractivity contribution >= 4 is 50.7 Å². The lowest BCUT2D eigenvalue weighted by Crippen LogP contribution is -2.53. The fraction of sp³-hybridized carbons (Fsp3) is 0.310. The molecule has 0 bridgehead atoms. The maximum atomic E-state index is 14.0. The number of alkyl halides is 3. The third-order valence-corrected chi connectivity index (χ3v) is 8.76. The Bertz CT molecular complexity index is 1520. The fourth-order valence-electron chi connectivity index (χ4n) is 4.24. The molecule has 0 aliphatic heterocycles. The second-order valence-corrected chi connectivity index (χ2v) is 12.4. The van der Waals surface area contributed by atoms with Crippen LogP contribution in [0.15, 0.2) is 77.7 Å². The largest absolute Gasteiger partial charge is 0.417 e. The van der Waals surface area contributed by atoms with E-state index < -0.39 is 56.9 Å². The highest BCUT2D eigenvalue weighted by molar-refractivity contribution is 7.92. The van der Waals surface area contributed by atoms with Crippen LogP contribution in [0.25, 0.3) is 0 Å². The van der Waals surface area contributed by atoms with E-state index in [2.05, 4.69) is 5.32 Å². The molecule has 0 aromatic heterocycles. The highest BCUT2D eigenvalue weighted by Crippen LogP contribution is 2.38. The molecule has 0 radical (unpaired) electrons. The lowest BCUT2D eigenvalue weighted by Gasteiger charge is -2.34. The van der Waals surface area contributed by atoms with Gasteiger partial charge >= 0.3 is 6.18 Å². The van der Waals surface area contributed by atoms with Gasteiger partial charge in [-0.1, -0.05) is 66.5 Å². The van der Waals surface area contributed by atoms with Crippen molar-refractivity contribution in [3.05, 3.63) is 94.0 Å². The van der Waals surface area contributed by atoms with E-state index in [1.54, 1.807) is 51.1 Å². The Labute approximate surface area is 253 Å². The first-order valence-corrected chi connectivity index (χ1v) is 15.1. The van der Waals surface area contributed by atoms with E-state index >= 15 is 0 Å². The quantitative estimate of drug-likeness (QED) is 0.257. The molecule has 0 aliphatic carbocycles. The van der Waals surface area contributed by atoms with Crippen molar-refractivity contribution < 1.29 is 31.2 Å². The summed E-state index contributed by atoms with van der Waals surface area (Å²) in [5.74, 6) is -1.31. The van der Waals surface area contributed by atoms with Crippen molar-refractivity contribution in [2.24, 2.45) is 0 Å². The van der Waals surface area contributed by atoms with E-state index in [1.807, 2.05) is 0 Å². The molecule has 0 saturated carbocycles. The van der Waals surface area contributed by atoms with E-state index in [-0.39, 0.29) is 23.9 Å². The van der Waals surface area contributed by atoms with E-state index in [0.717, 1.165) is 12.1 Å². The highest BCUT2D eigenvalue weighted by atomic mass is 35.5. The topological polar surface area (TPSA) is 86.8 Å². The Morgan fingerprint density at radius 1 is 0.929 bits per heavy atom. The average Bonchev–Trinajstić information content (AvgIpc) is 2.92. The van der Waals surface area contributed by atoms with Crippen LogP contribution in [0.4, 0.5) is 18.9 Å². The smallest absolute Gasteiger partial charge is 0.352 e. The van der Waals surface area contributed by atoms with Crippen LogP contribution in [-0.4, -0.2) is 43.8 Å². The molecule has 0 fully saturated rings. The molecule has 1 N–H and O–H groups in total. The molecule has 0 saturated heterocycles. The third kappa shape index (κ3) is 7.96. The third-order valence-electron chi connectivity index (χ3n) is 6.27. The number of hydrogen-bond donors (Lipinski definition) is 1. The second-order valence-electron chi connectivity index (χ2n) is 9.69. The molecule has 1 atom stereocenters. The van der Waals surface area contributed by atoms with Crippen LogP contribution < -0.4 is 9.62 Å². The molecule has 3 aromatic carbocycles. The Morgan fingerprint density at radius 3 is 2.12 bits per heavy atom. The van der Waals surface area contributed by atoms with Gasteiger partial charge in [0.25, 0.3) is 10.0 Å². The summed E-state index contributed by atoms with van der Waals surface area (Å²) < 4.78 is 69.4. The normalized spacial score (nSPS) is 12.6. The summed E-state index contributed by atoms with van der Waals surface area (Å²) in [5.41, 5.74) is -1.20. The first-order valence-electron chi connectivity index (χ1n) is 12.9. The van der Waals surface area contributed by atoms with Crippen molar-refractivity contribution in [3.8, 4) is 0 Å². The molecule has 7 nitrogen and oxygen atoms in total. The molecular weight excluding hydrogens is 614 g/mol. The van der Waals surface area contributed by atoms with Gasteiger partial charge in [-0.25, -0.2) is 8.42 Å². The predicted molar refractivity (Wildman–Crippen MR) is 157 cm³/mol. The fourth-order valence-corrected chi connectivity index (χ4v) is 6.09. The lowest BCUT2D eigenvalue weighted by atomic mass is 10.1. The average molecular weight is 645 g/mol. The van der Waals surface area contributed by atoms with Crippen LogP contribution in [0, 0.1) is 0 Å². The number of carbonyl (C=O) groups excluding carboxylic acids is 2. The van der Waals surface area contributed by atoms with Crippen LogP contribution in [0.3, 0.4) is 0 Å². The SMILES string of the molecule is CCC(C(=O)NC(C)C)N(Cc1ccccc1Cl)C(=O)CN(c1ccc(Cl)c(C(F)(F)F)c1)S(=O)(=O)c1ccccc1. The molecule has 42 heavy (non-hydrogen) atoms. The summed E-state index contributed by atoms with van der Waals surface area (Å²) in [7, 11) is -4.56. The molecule has 0 spiro atoms. The monoisotopic (exact) mass is 643 g/mol. The molecule has 3 rings (SSSR count). The molecule has 0 aliphatic rings. The van der Waals surface area contributed by atoms with Gasteiger partial charge in [-0.15, -0.1) is 0 Å². The summed E-state index contributed by atoms with van der Waals surface area (Å²) in [6.45, 7) is 4.11. The van der Waals surface area contributed by atoms with E-state index in [9.17, 15) is 31.2 Å². The molecule has 3 aromatic rings. The van der Waals surface area contributed by atoms with E-state index in [0.29, 0.717) is 21.0 Å². The molecule has 0 heterocycles. The Kier molecular flexibility index (Phi) is 10.9. The minimum Gasteiger partial charge on any atom is -0.352 e. The first kappa shape index (κ1) is 33.2. The molecule has 13 heteroatoms. The number of sulfonamides is 1. The summed E-state index contributed by atoms with van der Waals surface area (Å²) in [4.78, 5) is 28.1. The molecule has 226 valence electrons. The van der Waals surface area contributed by atoms with Crippen LogP contribution in [-0.2, 0) is 32.3 Å². The Morgan fingerprint density at radius 2 is 1.55 bits per heavy atom. The first-order chi connectivity index (χ1) is 19.7. The van der Waals surface area contributed by atoms with Gasteiger partial charge < -0.3 is 10.2 Å². The standard InChI is InChI=1S/C29H30Cl2F3N3O4S/c1-4-26(28(39)35-19(2)3)36(17-20-10-8-9-13-24(20)30)27(38)18-37(42(40,41)22-11-6-5-7-12-22)21-14-15-25(31)23(16-21)29(32,33)34/h5-16,19,26H,4,17-18H2,1-3H3,(H,35,39). The minimum atomic E-state index is -4.89. The van der Waals surface area contributed by atoms with Gasteiger partial charge in [0.2, 0.25) is 11.8 Å². The number of amides is 2. The maximum Gasteiger partial charge on any atom is 0.417 e. The Balaban J connectivity index is 2.15. The van der Waals surface area contributed by atoms with Crippen LogP contribution in [0.1, 0.15) is 38.3 Å². The van der Waals surface area contributed by atoms with Crippen molar-refractivity contribution in [2.75, 3.05) is 10.8 Å². The summed E-state index contributed by atoms with van der Waals surface area (Å²) in [6.07, 6.45) is -4.73. The zero-order valence-corrected chi connectivity index (χ0v) is 25.4. The van der Waals surface area contributed by atoms with Gasteiger partial charge in [-0.3, -0.25) is 13.9 Å². The van der Waals surface area contributed by atoms with Gasteiger partial charge in [0.15, 0.2) is 0 Å². The summed E-state index contributed by atoms with van der Waals surface area (Å²) in [5, 5.41) is 2.45. The summed E-state index contributed by atoms with van der Waals surface area (Å²) >= 11 is 12.1. The van der Waals surface area contributed by atoms with Crippen molar-refractivity contribution in [1.29, 1.82) is 0 Å². The molecular formula is C29H30Cl2F3N3O4S. The van der Waals surface area contributed by atoms with Gasteiger partial charge in [0, 0.05) is 17.6 Å². The number of anilines is 1.